The van der Waals surface area contributed by atoms with E-state index in [4.69, 9.17) is 4.74 Å². The molecule has 3 fully saturated rings. The number of carbonyl (C=O) groups excluding carboxylic acids is 2. The number of nitrogens with one attached hydrogen (secondary N) is 1. The van der Waals surface area contributed by atoms with Crippen molar-refractivity contribution >= 4 is 17.7 Å². The molecule has 0 saturated carbocycles. The Hall–Kier alpha value is -2.12. The van der Waals surface area contributed by atoms with Crippen molar-refractivity contribution in [1.82, 2.24) is 15.1 Å². The summed E-state index contributed by atoms with van der Waals surface area (Å²) < 4.78 is 5.72. The number of amides is 2. The maximum Gasteiger partial charge on any atom is 0.409 e. The number of hydrogen-bond acceptors (Lipinski definition) is 5. The maximum absolute atomic E-state index is 12.8. The fourth-order valence-electron chi connectivity index (χ4n) is 6.56. The highest BCUT2D eigenvalue weighted by Gasteiger charge is 2.31. The van der Waals surface area contributed by atoms with Gasteiger partial charge in [0.25, 0.3) is 0 Å². The van der Waals surface area contributed by atoms with E-state index < -0.39 is 0 Å². The van der Waals surface area contributed by atoms with Gasteiger partial charge in [0, 0.05) is 43.8 Å². The third-order valence-electron chi connectivity index (χ3n) is 9.52. The molecule has 0 aromatic heterocycles. The van der Waals surface area contributed by atoms with Crippen molar-refractivity contribution in [3.05, 3.63) is 29.3 Å². The molecule has 1 aromatic rings. The van der Waals surface area contributed by atoms with Crippen molar-refractivity contribution in [2.45, 2.75) is 103 Å². The highest BCUT2D eigenvalue weighted by atomic mass is 16.6. The molecule has 7 heteroatoms. The fraction of sp³-hybridized carbons (Fsp3) is 0.750. The number of carbonyl (C=O) groups is 2. The molecular weight excluding hydrogens is 488 g/mol. The van der Waals surface area contributed by atoms with E-state index in [9.17, 15) is 9.59 Å². The Bertz CT molecular complexity index is 929. The van der Waals surface area contributed by atoms with Crippen LogP contribution in [-0.2, 0) is 9.53 Å². The SMILES string of the molecule is CCC(C)C(=O)N(C)c1cc(C2CCN(C3CCN(C(=O)OCC4CCCCCCN4)CC3)CC2)ccc1C. The zero-order valence-corrected chi connectivity index (χ0v) is 24.9. The van der Waals surface area contributed by atoms with Crippen molar-refractivity contribution in [2.75, 3.05) is 51.3 Å². The van der Waals surface area contributed by atoms with Crippen LogP contribution in [0.25, 0.3) is 0 Å². The number of benzene rings is 1. The molecule has 0 spiro atoms. The van der Waals surface area contributed by atoms with Gasteiger partial charge in [0.1, 0.15) is 6.61 Å². The van der Waals surface area contributed by atoms with Gasteiger partial charge in [0.15, 0.2) is 0 Å². The molecule has 3 aliphatic heterocycles. The van der Waals surface area contributed by atoms with Gasteiger partial charge in [-0.3, -0.25) is 4.79 Å². The first kappa shape index (κ1) is 29.9. The molecule has 3 heterocycles. The molecule has 218 valence electrons. The Morgan fingerprint density at radius 1 is 1.03 bits per heavy atom. The molecule has 1 N–H and O–H groups in total. The first-order valence-corrected chi connectivity index (χ1v) is 15.6. The predicted octanol–water partition coefficient (Wildman–Crippen LogP) is 5.71. The third-order valence-corrected chi connectivity index (χ3v) is 9.52. The summed E-state index contributed by atoms with van der Waals surface area (Å²) in [5.74, 6) is 0.765. The minimum atomic E-state index is -0.136. The molecule has 2 unspecified atom stereocenters. The van der Waals surface area contributed by atoms with Crippen molar-refractivity contribution in [3.8, 4) is 0 Å². The second kappa shape index (κ2) is 14.5. The van der Waals surface area contributed by atoms with Crippen LogP contribution in [0.1, 0.15) is 95.1 Å². The molecule has 1 aromatic carbocycles. The van der Waals surface area contributed by atoms with Crippen LogP contribution in [0.15, 0.2) is 18.2 Å². The predicted molar refractivity (Wildman–Crippen MR) is 158 cm³/mol. The van der Waals surface area contributed by atoms with Crippen molar-refractivity contribution in [1.29, 1.82) is 0 Å². The molecule has 4 rings (SSSR count). The Balaban J connectivity index is 1.22. The second-order valence-corrected chi connectivity index (χ2v) is 12.2. The maximum atomic E-state index is 12.8. The van der Waals surface area contributed by atoms with Gasteiger partial charge in [-0.25, -0.2) is 4.79 Å². The van der Waals surface area contributed by atoms with E-state index in [0.717, 1.165) is 82.5 Å². The Kier molecular flexibility index (Phi) is 11.1. The monoisotopic (exact) mass is 540 g/mol. The van der Waals surface area contributed by atoms with E-state index in [1.54, 1.807) is 0 Å². The number of nitrogens with zero attached hydrogens (tertiary/aromatic N) is 3. The Labute approximate surface area is 236 Å². The number of hydrogen-bond donors (Lipinski definition) is 1. The number of aryl methyl sites for hydroxylation is 1. The summed E-state index contributed by atoms with van der Waals surface area (Å²) in [5.41, 5.74) is 3.56. The summed E-state index contributed by atoms with van der Waals surface area (Å²) in [6, 6.07) is 7.55. The summed E-state index contributed by atoms with van der Waals surface area (Å²) in [6.07, 6.45) is 11.2. The lowest BCUT2D eigenvalue weighted by atomic mass is 9.87. The quantitative estimate of drug-likeness (QED) is 0.480. The van der Waals surface area contributed by atoms with Crippen LogP contribution in [0, 0.1) is 12.8 Å². The van der Waals surface area contributed by atoms with Crippen molar-refractivity contribution in [3.63, 3.8) is 0 Å². The molecule has 2 amide bonds. The normalized spacial score (nSPS) is 23.1. The smallest absolute Gasteiger partial charge is 0.409 e. The van der Waals surface area contributed by atoms with Gasteiger partial charge in [-0.1, -0.05) is 45.2 Å². The van der Waals surface area contributed by atoms with Gasteiger partial charge in [-0.2, -0.15) is 0 Å². The van der Waals surface area contributed by atoms with Gasteiger partial charge in [0.2, 0.25) is 5.91 Å². The van der Waals surface area contributed by atoms with Gasteiger partial charge in [0.05, 0.1) is 0 Å². The van der Waals surface area contributed by atoms with Crippen LogP contribution in [0.2, 0.25) is 0 Å². The van der Waals surface area contributed by atoms with Crippen LogP contribution in [0.4, 0.5) is 10.5 Å². The van der Waals surface area contributed by atoms with Gasteiger partial charge < -0.3 is 24.8 Å². The van der Waals surface area contributed by atoms with E-state index in [2.05, 4.69) is 42.3 Å². The molecule has 3 saturated heterocycles. The highest BCUT2D eigenvalue weighted by Crippen LogP contribution is 2.34. The molecule has 7 nitrogen and oxygen atoms in total. The summed E-state index contributed by atoms with van der Waals surface area (Å²) in [7, 11) is 1.92. The lowest BCUT2D eigenvalue weighted by Crippen LogP contribution is -2.49. The summed E-state index contributed by atoms with van der Waals surface area (Å²) in [4.78, 5) is 31.9. The number of anilines is 1. The first-order chi connectivity index (χ1) is 18.9. The van der Waals surface area contributed by atoms with Crippen molar-refractivity contribution in [2.24, 2.45) is 5.92 Å². The van der Waals surface area contributed by atoms with E-state index in [0.29, 0.717) is 24.6 Å². The third kappa shape index (κ3) is 7.97. The zero-order chi connectivity index (χ0) is 27.8. The lowest BCUT2D eigenvalue weighted by Gasteiger charge is -2.41. The number of rotatable bonds is 7. The summed E-state index contributed by atoms with van der Waals surface area (Å²) >= 11 is 0. The Morgan fingerprint density at radius 2 is 1.74 bits per heavy atom. The average Bonchev–Trinajstić information content (AvgIpc) is 2.95. The molecular formula is C32H52N4O3. The first-order valence-electron chi connectivity index (χ1n) is 15.6. The molecule has 0 aliphatic carbocycles. The van der Waals surface area contributed by atoms with Crippen LogP contribution < -0.4 is 10.2 Å². The van der Waals surface area contributed by atoms with E-state index in [-0.39, 0.29) is 17.9 Å². The molecule has 3 aliphatic rings. The van der Waals surface area contributed by atoms with Crippen molar-refractivity contribution < 1.29 is 14.3 Å². The van der Waals surface area contributed by atoms with Crippen LogP contribution in [-0.4, -0.2) is 80.3 Å². The number of ether oxygens (including phenoxy) is 1. The van der Waals surface area contributed by atoms with Crippen LogP contribution >= 0.6 is 0 Å². The van der Waals surface area contributed by atoms with E-state index in [1.807, 2.05) is 23.8 Å². The van der Waals surface area contributed by atoms with Gasteiger partial charge >= 0.3 is 6.09 Å². The lowest BCUT2D eigenvalue weighted by molar-refractivity contribution is -0.121. The highest BCUT2D eigenvalue weighted by molar-refractivity contribution is 5.95. The summed E-state index contributed by atoms with van der Waals surface area (Å²) in [5, 5.41) is 3.55. The largest absolute Gasteiger partial charge is 0.448 e. The topological polar surface area (TPSA) is 65.1 Å². The average molecular weight is 541 g/mol. The molecule has 2 atom stereocenters. The molecule has 39 heavy (non-hydrogen) atoms. The van der Waals surface area contributed by atoms with Crippen LogP contribution in [0.5, 0.6) is 0 Å². The number of piperidine rings is 2. The van der Waals surface area contributed by atoms with E-state index in [1.165, 1.54) is 31.2 Å². The van der Waals surface area contributed by atoms with E-state index >= 15 is 0 Å². The molecule has 0 radical (unpaired) electrons. The Morgan fingerprint density at radius 3 is 2.46 bits per heavy atom. The number of likely N-dealkylation sites (tertiary alicyclic amines) is 2. The second-order valence-electron chi connectivity index (χ2n) is 12.2. The van der Waals surface area contributed by atoms with Crippen LogP contribution in [0.3, 0.4) is 0 Å². The minimum Gasteiger partial charge on any atom is -0.448 e. The molecule has 0 bridgehead atoms. The zero-order valence-electron chi connectivity index (χ0n) is 24.9. The minimum absolute atomic E-state index is 0.0395. The summed E-state index contributed by atoms with van der Waals surface area (Å²) in [6.45, 7) is 11.5. The van der Waals surface area contributed by atoms with Gasteiger partial charge in [-0.15, -0.1) is 0 Å². The fourth-order valence-corrected chi connectivity index (χ4v) is 6.56. The van der Waals surface area contributed by atoms with Gasteiger partial charge in [-0.05, 0) is 94.6 Å². The standard InChI is InChI=1S/C32H52N4O3/c1-5-24(2)31(37)34(4)30-22-27(12-11-25(30)3)26-13-18-35(19-14-26)29-15-20-36(21-16-29)32(38)39-23-28-10-8-6-7-9-17-33-28/h11-12,22,24,26,28-29,33H,5-10,13-21,23H2,1-4H3.